The van der Waals surface area contributed by atoms with Crippen LogP contribution in [0.4, 0.5) is 5.69 Å². The van der Waals surface area contributed by atoms with E-state index in [4.69, 9.17) is 0 Å². The lowest BCUT2D eigenvalue weighted by molar-refractivity contribution is -0.419. The van der Waals surface area contributed by atoms with Crippen molar-refractivity contribution in [2.45, 2.75) is 6.92 Å². The Morgan fingerprint density at radius 1 is 1.26 bits per heavy atom. The summed E-state index contributed by atoms with van der Waals surface area (Å²) in [5.74, 6) is -1.05. The molecule has 0 aliphatic rings. The van der Waals surface area contributed by atoms with Crippen LogP contribution in [0.1, 0.15) is 12.5 Å². The maximum absolute atomic E-state index is 11.3. The van der Waals surface area contributed by atoms with Gasteiger partial charge in [0.1, 0.15) is 0 Å². The predicted octanol–water partition coefficient (Wildman–Crippen LogP) is 1.78. The summed E-state index contributed by atoms with van der Waals surface area (Å²) >= 11 is 0. The summed E-state index contributed by atoms with van der Waals surface area (Å²) in [4.78, 5) is 31.0. The van der Waals surface area contributed by atoms with Crippen LogP contribution >= 0.6 is 0 Å². The molecule has 0 saturated heterocycles. The van der Waals surface area contributed by atoms with Crippen LogP contribution in [0.5, 0.6) is 0 Å². The third-order valence-corrected chi connectivity index (χ3v) is 2.09. The highest BCUT2D eigenvalue weighted by molar-refractivity contribution is 5.90. The zero-order valence-corrected chi connectivity index (χ0v) is 9.94. The molecule has 0 aliphatic carbocycles. The third kappa shape index (κ3) is 3.87. The normalized spacial score (nSPS) is 10.9. The van der Waals surface area contributed by atoms with Crippen LogP contribution in [-0.2, 0) is 9.53 Å². The number of carbonyl (C=O) groups excluding carboxylic acids is 1. The summed E-state index contributed by atoms with van der Waals surface area (Å²) in [6.07, 6.45) is 1.00. The van der Waals surface area contributed by atoms with Crippen molar-refractivity contribution in [3.8, 4) is 0 Å². The standard InChI is InChI=1S/C11H10N2O6/c1-2-19-11(14)10(13(17)18)7-8-3-5-9(6-4-8)12(15)16/h3-7H,2H2,1H3/b10-7-. The summed E-state index contributed by atoms with van der Waals surface area (Å²) in [5, 5.41) is 21.2. The molecule has 0 spiro atoms. The van der Waals surface area contributed by atoms with Crippen LogP contribution in [-0.4, -0.2) is 22.4 Å². The Hall–Kier alpha value is -2.77. The highest BCUT2D eigenvalue weighted by Crippen LogP contribution is 2.15. The highest BCUT2D eigenvalue weighted by Gasteiger charge is 2.23. The first kappa shape index (κ1) is 14.3. The summed E-state index contributed by atoms with van der Waals surface area (Å²) < 4.78 is 4.54. The zero-order valence-electron chi connectivity index (χ0n) is 9.94. The minimum absolute atomic E-state index is 0.0181. The van der Waals surface area contributed by atoms with Gasteiger partial charge >= 0.3 is 11.7 Å². The quantitative estimate of drug-likeness (QED) is 0.347. The van der Waals surface area contributed by atoms with E-state index in [1.54, 1.807) is 0 Å². The van der Waals surface area contributed by atoms with Crippen LogP contribution in [0.2, 0.25) is 0 Å². The Kier molecular flexibility index (Phi) is 4.69. The van der Waals surface area contributed by atoms with Crippen molar-refractivity contribution in [3.63, 3.8) is 0 Å². The van der Waals surface area contributed by atoms with Crippen LogP contribution in [0, 0.1) is 20.2 Å². The van der Waals surface area contributed by atoms with Gasteiger partial charge in [-0.25, -0.2) is 4.79 Å². The number of nitrogens with zero attached hydrogens (tertiary/aromatic N) is 2. The first-order valence-corrected chi connectivity index (χ1v) is 5.23. The number of hydrogen-bond donors (Lipinski definition) is 0. The van der Waals surface area contributed by atoms with Crippen LogP contribution in [0.15, 0.2) is 30.0 Å². The molecule has 1 rings (SSSR count). The second kappa shape index (κ2) is 6.24. The van der Waals surface area contributed by atoms with Crippen molar-refractivity contribution in [1.82, 2.24) is 0 Å². The van der Waals surface area contributed by atoms with Gasteiger partial charge in [0.25, 0.3) is 5.69 Å². The minimum atomic E-state index is -1.05. The van der Waals surface area contributed by atoms with Crippen molar-refractivity contribution in [1.29, 1.82) is 0 Å². The molecule has 0 unspecified atom stereocenters. The number of nitro benzene ring substituents is 1. The van der Waals surface area contributed by atoms with E-state index in [2.05, 4.69) is 4.74 Å². The predicted molar refractivity (Wildman–Crippen MR) is 64.7 cm³/mol. The van der Waals surface area contributed by atoms with E-state index < -0.39 is 21.5 Å². The molecule has 0 atom stereocenters. The van der Waals surface area contributed by atoms with E-state index >= 15 is 0 Å². The molecule has 0 amide bonds. The molecule has 0 bridgehead atoms. The Bertz CT molecular complexity index is 535. The molecular weight excluding hydrogens is 256 g/mol. The van der Waals surface area contributed by atoms with Gasteiger partial charge in [0.05, 0.1) is 16.5 Å². The fourth-order valence-corrected chi connectivity index (χ4v) is 1.24. The molecule has 19 heavy (non-hydrogen) atoms. The van der Waals surface area contributed by atoms with Gasteiger partial charge in [-0.15, -0.1) is 0 Å². The van der Waals surface area contributed by atoms with E-state index in [0.29, 0.717) is 5.56 Å². The Morgan fingerprint density at radius 2 is 1.84 bits per heavy atom. The molecule has 8 heteroatoms. The second-order valence-corrected chi connectivity index (χ2v) is 3.36. The lowest BCUT2D eigenvalue weighted by Crippen LogP contribution is -2.14. The van der Waals surface area contributed by atoms with E-state index in [1.165, 1.54) is 31.2 Å². The molecule has 0 saturated carbocycles. The lowest BCUT2D eigenvalue weighted by Gasteiger charge is -1.99. The molecule has 0 fully saturated rings. The van der Waals surface area contributed by atoms with Gasteiger partial charge in [-0.2, -0.15) is 0 Å². The Labute approximate surface area is 107 Å². The molecule has 100 valence electrons. The largest absolute Gasteiger partial charge is 0.458 e. The monoisotopic (exact) mass is 266 g/mol. The van der Waals surface area contributed by atoms with Crippen LogP contribution in [0.3, 0.4) is 0 Å². The molecule has 1 aromatic carbocycles. The van der Waals surface area contributed by atoms with Gasteiger partial charge in [-0.3, -0.25) is 20.2 Å². The number of carbonyl (C=O) groups is 1. The topological polar surface area (TPSA) is 113 Å². The smallest absolute Gasteiger partial charge is 0.409 e. The number of benzene rings is 1. The van der Waals surface area contributed by atoms with Crippen molar-refractivity contribution in [2.24, 2.45) is 0 Å². The van der Waals surface area contributed by atoms with Crippen molar-refractivity contribution in [2.75, 3.05) is 6.61 Å². The van der Waals surface area contributed by atoms with Gasteiger partial charge in [-0.1, -0.05) is 0 Å². The zero-order chi connectivity index (χ0) is 14.4. The molecule has 8 nitrogen and oxygen atoms in total. The lowest BCUT2D eigenvalue weighted by atomic mass is 10.2. The van der Waals surface area contributed by atoms with Crippen molar-refractivity contribution >= 4 is 17.7 Å². The third-order valence-electron chi connectivity index (χ3n) is 2.09. The number of esters is 1. The summed E-state index contributed by atoms with van der Waals surface area (Å²) in [6, 6.07) is 4.99. The van der Waals surface area contributed by atoms with Crippen molar-refractivity contribution in [3.05, 3.63) is 55.8 Å². The average molecular weight is 266 g/mol. The van der Waals surface area contributed by atoms with Gasteiger partial charge in [0.2, 0.25) is 0 Å². The van der Waals surface area contributed by atoms with Crippen LogP contribution < -0.4 is 0 Å². The van der Waals surface area contributed by atoms with Gasteiger partial charge < -0.3 is 4.74 Å². The maximum atomic E-state index is 11.3. The van der Waals surface area contributed by atoms with E-state index in [1.807, 2.05) is 0 Å². The van der Waals surface area contributed by atoms with E-state index in [0.717, 1.165) is 6.08 Å². The molecule has 0 N–H and O–H groups in total. The van der Waals surface area contributed by atoms with Crippen molar-refractivity contribution < 1.29 is 19.4 Å². The summed E-state index contributed by atoms with van der Waals surface area (Å²) in [5.41, 5.74) is -0.572. The number of ether oxygens (including phenoxy) is 1. The van der Waals surface area contributed by atoms with Gasteiger partial charge in [0.15, 0.2) is 0 Å². The highest BCUT2D eigenvalue weighted by atomic mass is 16.6. The van der Waals surface area contributed by atoms with Gasteiger partial charge in [-0.05, 0) is 24.6 Å². The number of non-ortho nitro benzene ring substituents is 1. The first-order valence-electron chi connectivity index (χ1n) is 5.23. The fraction of sp³-hybridized carbons (Fsp3) is 0.182. The molecular formula is C11H10N2O6. The van der Waals surface area contributed by atoms with Crippen LogP contribution in [0.25, 0.3) is 6.08 Å². The van der Waals surface area contributed by atoms with Gasteiger partial charge in [0, 0.05) is 18.2 Å². The van der Waals surface area contributed by atoms with E-state index in [-0.39, 0.29) is 12.3 Å². The average Bonchev–Trinajstić information content (AvgIpc) is 2.36. The Balaban J connectivity index is 3.05. The molecule has 0 radical (unpaired) electrons. The summed E-state index contributed by atoms with van der Waals surface area (Å²) in [6.45, 7) is 1.55. The fourth-order valence-electron chi connectivity index (χ4n) is 1.24. The number of nitro groups is 2. The second-order valence-electron chi connectivity index (χ2n) is 3.36. The maximum Gasteiger partial charge on any atom is 0.409 e. The molecule has 0 heterocycles. The summed E-state index contributed by atoms with van der Waals surface area (Å²) in [7, 11) is 0. The Morgan fingerprint density at radius 3 is 2.26 bits per heavy atom. The molecule has 0 aliphatic heterocycles. The number of hydrogen-bond acceptors (Lipinski definition) is 6. The first-order chi connectivity index (χ1) is 8.95. The molecule has 0 aromatic heterocycles. The minimum Gasteiger partial charge on any atom is -0.458 e. The molecule has 1 aromatic rings. The SMILES string of the molecule is CCOC(=O)/C(=C/c1ccc([N+](=O)[O-])cc1)[N+](=O)[O-]. The number of rotatable bonds is 5. The van der Waals surface area contributed by atoms with E-state index in [9.17, 15) is 25.0 Å².